The molecule has 2 aliphatic rings. The van der Waals surface area contributed by atoms with Crippen LogP contribution in [-0.2, 0) is 4.79 Å². The van der Waals surface area contributed by atoms with Crippen LogP contribution in [0.5, 0.6) is 11.5 Å². The molecule has 152 valence electrons. The van der Waals surface area contributed by atoms with Gasteiger partial charge in [-0.25, -0.2) is 4.39 Å². The van der Waals surface area contributed by atoms with Crippen molar-refractivity contribution in [1.29, 1.82) is 0 Å². The van der Waals surface area contributed by atoms with Crippen LogP contribution in [0.3, 0.4) is 0 Å². The lowest BCUT2D eigenvalue weighted by molar-refractivity contribution is -0.174. The van der Waals surface area contributed by atoms with E-state index in [1.807, 2.05) is 4.90 Å². The maximum absolute atomic E-state index is 14.1. The quantitative estimate of drug-likeness (QED) is 0.717. The third-order valence-corrected chi connectivity index (χ3v) is 5.24. The topological polar surface area (TPSA) is 41.6 Å². The number of anilines is 1. The maximum Gasteiger partial charge on any atom is 0.471 e. The summed E-state index contributed by atoms with van der Waals surface area (Å²) in [7, 11) is 0. The Labute approximate surface area is 164 Å². The van der Waals surface area contributed by atoms with Crippen LogP contribution in [0.1, 0.15) is 30.0 Å². The fraction of sp³-hybridized carbons (Fsp3) is 0.286. The minimum absolute atomic E-state index is 0.262. The van der Waals surface area contributed by atoms with E-state index in [9.17, 15) is 22.4 Å². The molecule has 2 aliphatic heterocycles. The molecule has 0 aromatic heterocycles. The standard InChI is InChI=1S/C21H18F4N2O2/c1-2-12-10-13(22)11-17-18(12)27-9-5-7-15(26-20(28)21(23,24)25)19(27)14-6-3-4-8-16(14)29-17/h2-4,6,8,10-11,15,19H,1,5,7,9H2,(H,26,28)/t15-,19+/m0/s1. The second-order valence-electron chi connectivity index (χ2n) is 7.04. The summed E-state index contributed by atoms with van der Waals surface area (Å²) in [4.78, 5) is 13.5. The van der Waals surface area contributed by atoms with Crippen molar-refractivity contribution in [1.82, 2.24) is 5.32 Å². The average Bonchev–Trinajstić information content (AvgIpc) is 2.81. The fourth-order valence-corrected chi connectivity index (χ4v) is 4.10. The number of ether oxygens (including phenoxy) is 1. The van der Waals surface area contributed by atoms with Crippen molar-refractivity contribution in [2.75, 3.05) is 11.4 Å². The Bertz CT molecular complexity index is 974. The van der Waals surface area contributed by atoms with E-state index in [0.29, 0.717) is 42.0 Å². The first-order chi connectivity index (χ1) is 13.8. The number of halogens is 4. The summed E-state index contributed by atoms with van der Waals surface area (Å²) < 4.78 is 58.8. The Morgan fingerprint density at radius 1 is 1.24 bits per heavy atom. The summed E-state index contributed by atoms with van der Waals surface area (Å²) in [6, 6.07) is 8.07. The predicted molar refractivity (Wildman–Crippen MR) is 100 cm³/mol. The molecule has 1 N–H and O–H groups in total. The number of hydrogen-bond acceptors (Lipinski definition) is 3. The Balaban J connectivity index is 1.87. The molecule has 1 fully saturated rings. The van der Waals surface area contributed by atoms with Gasteiger partial charge in [-0.05, 0) is 25.0 Å². The zero-order valence-electron chi connectivity index (χ0n) is 15.3. The first-order valence-electron chi connectivity index (χ1n) is 9.16. The Kier molecular flexibility index (Phi) is 4.72. The van der Waals surface area contributed by atoms with Crippen molar-refractivity contribution in [3.05, 3.63) is 59.9 Å². The van der Waals surface area contributed by atoms with E-state index in [-0.39, 0.29) is 5.75 Å². The van der Waals surface area contributed by atoms with Crippen LogP contribution in [0, 0.1) is 5.82 Å². The van der Waals surface area contributed by atoms with Crippen LogP contribution >= 0.6 is 0 Å². The third kappa shape index (κ3) is 3.43. The van der Waals surface area contributed by atoms with E-state index in [0.717, 1.165) is 0 Å². The predicted octanol–water partition coefficient (Wildman–Crippen LogP) is 4.96. The second-order valence-corrected chi connectivity index (χ2v) is 7.04. The maximum atomic E-state index is 14.1. The van der Waals surface area contributed by atoms with Gasteiger partial charge in [-0.3, -0.25) is 4.79 Å². The van der Waals surface area contributed by atoms with Crippen molar-refractivity contribution >= 4 is 17.7 Å². The molecule has 2 aromatic rings. The summed E-state index contributed by atoms with van der Waals surface area (Å²) in [6.07, 6.45) is -2.57. The second kappa shape index (κ2) is 7.09. The molecule has 2 heterocycles. The van der Waals surface area contributed by atoms with Crippen molar-refractivity contribution in [2.45, 2.75) is 31.1 Å². The molecular formula is C21H18F4N2O2. The molecule has 0 unspecified atom stereocenters. The number of amides is 1. The summed E-state index contributed by atoms with van der Waals surface area (Å²) in [5, 5.41) is 2.15. The molecule has 4 rings (SSSR count). The highest BCUT2D eigenvalue weighted by atomic mass is 19.4. The van der Waals surface area contributed by atoms with Gasteiger partial charge in [-0.1, -0.05) is 30.9 Å². The van der Waals surface area contributed by atoms with Gasteiger partial charge in [0.25, 0.3) is 0 Å². The van der Waals surface area contributed by atoms with Crippen LogP contribution in [0.4, 0.5) is 23.2 Å². The number of nitrogens with zero attached hydrogens (tertiary/aromatic N) is 1. The number of rotatable bonds is 2. The lowest BCUT2D eigenvalue weighted by Gasteiger charge is -2.43. The Morgan fingerprint density at radius 2 is 2.00 bits per heavy atom. The van der Waals surface area contributed by atoms with Crippen LogP contribution in [0.25, 0.3) is 6.08 Å². The van der Waals surface area contributed by atoms with Crippen molar-refractivity contribution < 1.29 is 27.1 Å². The van der Waals surface area contributed by atoms with Crippen LogP contribution in [0.2, 0.25) is 0 Å². The molecule has 0 spiro atoms. The number of carbonyl (C=O) groups is 1. The zero-order chi connectivity index (χ0) is 20.8. The van der Waals surface area contributed by atoms with Gasteiger partial charge < -0.3 is 15.0 Å². The van der Waals surface area contributed by atoms with Gasteiger partial charge in [-0.2, -0.15) is 13.2 Å². The van der Waals surface area contributed by atoms with E-state index in [1.54, 1.807) is 24.3 Å². The van der Waals surface area contributed by atoms with E-state index >= 15 is 0 Å². The van der Waals surface area contributed by atoms with E-state index in [4.69, 9.17) is 4.74 Å². The van der Waals surface area contributed by atoms with Gasteiger partial charge in [0, 0.05) is 23.7 Å². The van der Waals surface area contributed by atoms with E-state index < -0.39 is 30.0 Å². The molecule has 0 saturated carbocycles. The average molecular weight is 406 g/mol. The number of para-hydroxylation sites is 1. The number of piperidine rings is 1. The van der Waals surface area contributed by atoms with Gasteiger partial charge >= 0.3 is 12.1 Å². The smallest absolute Gasteiger partial charge is 0.455 e. The molecule has 2 atom stereocenters. The van der Waals surface area contributed by atoms with Crippen molar-refractivity contribution in [2.24, 2.45) is 0 Å². The number of benzene rings is 2. The summed E-state index contributed by atoms with van der Waals surface area (Å²) in [5.41, 5.74) is 1.65. The molecule has 0 bridgehead atoms. The lowest BCUT2D eigenvalue weighted by atomic mass is 9.89. The molecule has 0 aliphatic carbocycles. The highest BCUT2D eigenvalue weighted by molar-refractivity contribution is 5.82. The lowest BCUT2D eigenvalue weighted by Crippen LogP contribution is -2.52. The highest BCUT2D eigenvalue weighted by Crippen LogP contribution is 2.49. The number of nitrogens with one attached hydrogen (secondary N) is 1. The van der Waals surface area contributed by atoms with Gasteiger partial charge in [0.1, 0.15) is 11.6 Å². The normalized spacial score (nSPS) is 20.5. The van der Waals surface area contributed by atoms with E-state index in [2.05, 4.69) is 11.9 Å². The van der Waals surface area contributed by atoms with Crippen molar-refractivity contribution in [3.63, 3.8) is 0 Å². The highest BCUT2D eigenvalue weighted by Gasteiger charge is 2.44. The van der Waals surface area contributed by atoms with Gasteiger partial charge in [0.15, 0.2) is 5.75 Å². The van der Waals surface area contributed by atoms with Crippen molar-refractivity contribution in [3.8, 4) is 11.5 Å². The molecule has 0 radical (unpaired) electrons. The summed E-state index contributed by atoms with van der Waals surface area (Å²) >= 11 is 0. The fourth-order valence-electron chi connectivity index (χ4n) is 4.10. The van der Waals surface area contributed by atoms with Crippen LogP contribution in [0.15, 0.2) is 43.0 Å². The number of carbonyl (C=O) groups excluding carboxylic acids is 1. The Hall–Kier alpha value is -3.03. The molecule has 4 nitrogen and oxygen atoms in total. The van der Waals surface area contributed by atoms with Gasteiger partial charge in [0.2, 0.25) is 0 Å². The van der Waals surface area contributed by atoms with Crippen LogP contribution < -0.4 is 15.0 Å². The SMILES string of the molecule is C=Cc1cc(F)cc2c1N1CCC[C@H](NC(=O)C(F)(F)F)[C@H]1c1ccccc1O2. The molecule has 1 saturated heterocycles. The number of hydrogen-bond donors (Lipinski definition) is 1. The number of fused-ring (bicyclic) bond motifs is 5. The minimum atomic E-state index is -4.98. The molecule has 1 amide bonds. The third-order valence-electron chi connectivity index (χ3n) is 5.24. The summed E-state index contributed by atoms with van der Waals surface area (Å²) in [5.74, 6) is -1.81. The first kappa shape index (κ1) is 19.3. The molecule has 29 heavy (non-hydrogen) atoms. The minimum Gasteiger partial charge on any atom is -0.455 e. The Morgan fingerprint density at radius 3 is 2.72 bits per heavy atom. The van der Waals surface area contributed by atoms with Gasteiger partial charge in [-0.15, -0.1) is 0 Å². The largest absolute Gasteiger partial charge is 0.471 e. The first-order valence-corrected chi connectivity index (χ1v) is 9.16. The monoisotopic (exact) mass is 406 g/mol. The van der Waals surface area contributed by atoms with Crippen LogP contribution in [-0.4, -0.2) is 24.7 Å². The molecular weight excluding hydrogens is 388 g/mol. The van der Waals surface area contributed by atoms with Gasteiger partial charge in [0.05, 0.1) is 17.8 Å². The number of alkyl halides is 3. The zero-order valence-corrected chi connectivity index (χ0v) is 15.3. The summed E-state index contributed by atoms with van der Waals surface area (Å²) in [6.45, 7) is 4.24. The molecule has 8 heteroatoms. The molecule has 2 aromatic carbocycles. The van der Waals surface area contributed by atoms with E-state index in [1.165, 1.54) is 18.2 Å².